The van der Waals surface area contributed by atoms with Gasteiger partial charge in [0.1, 0.15) is 11.6 Å². The molecule has 178 valence electrons. The summed E-state index contributed by atoms with van der Waals surface area (Å²) in [5.41, 5.74) is 1.53. The summed E-state index contributed by atoms with van der Waals surface area (Å²) in [4.78, 5) is -0.289. The molecular weight excluding hydrogens is 484 g/mol. The number of halogens is 2. The van der Waals surface area contributed by atoms with Gasteiger partial charge in [-0.25, -0.2) is 17.2 Å². The van der Waals surface area contributed by atoms with E-state index in [0.29, 0.717) is 22.5 Å². The lowest BCUT2D eigenvalue weighted by atomic mass is 9.99. The van der Waals surface area contributed by atoms with E-state index in [2.05, 4.69) is 9.82 Å². The van der Waals surface area contributed by atoms with Crippen LogP contribution in [0.15, 0.2) is 82.8 Å². The van der Waals surface area contributed by atoms with E-state index in [1.54, 1.807) is 30.3 Å². The normalized spacial score (nSPS) is 16.4. The summed E-state index contributed by atoms with van der Waals surface area (Å²) in [7, 11) is -7.80. The van der Waals surface area contributed by atoms with Crippen LogP contribution in [0.25, 0.3) is 0 Å². The number of benzene rings is 3. The molecule has 0 saturated carbocycles. The van der Waals surface area contributed by atoms with Gasteiger partial charge in [-0.05, 0) is 60.5 Å². The fourth-order valence-corrected chi connectivity index (χ4v) is 5.69. The van der Waals surface area contributed by atoms with Gasteiger partial charge in [0, 0.05) is 12.1 Å². The Morgan fingerprint density at radius 1 is 0.941 bits per heavy atom. The van der Waals surface area contributed by atoms with Crippen molar-refractivity contribution in [2.75, 3.05) is 10.5 Å². The van der Waals surface area contributed by atoms with Crippen LogP contribution in [0.4, 0.5) is 14.5 Å². The molecule has 11 heteroatoms. The molecule has 7 nitrogen and oxygen atoms in total. The molecule has 34 heavy (non-hydrogen) atoms. The number of hydrogen-bond acceptors (Lipinski definition) is 5. The first-order valence-corrected chi connectivity index (χ1v) is 13.4. The van der Waals surface area contributed by atoms with Crippen LogP contribution in [-0.2, 0) is 20.0 Å². The predicted molar refractivity (Wildman–Crippen MR) is 125 cm³/mol. The minimum atomic E-state index is -4.28. The molecule has 1 aliphatic heterocycles. The van der Waals surface area contributed by atoms with Gasteiger partial charge < -0.3 is 0 Å². The number of anilines is 1. The molecule has 0 saturated heterocycles. The molecule has 0 aliphatic carbocycles. The van der Waals surface area contributed by atoms with Gasteiger partial charge in [-0.1, -0.05) is 30.3 Å². The highest BCUT2D eigenvalue weighted by molar-refractivity contribution is 7.92. The molecule has 0 spiro atoms. The third-order valence-electron chi connectivity index (χ3n) is 5.30. The monoisotopic (exact) mass is 505 g/mol. The quantitative estimate of drug-likeness (QED) is 0.519. The van der Waals surface area contributed by atoms with Crippen molar-refractivity contribution in [2.24, 2.45) is 5.10 Å². The highest BCUT2D eigenvalue weighted by Crippen LogP contribution is 2.37. The largest absolute Gasteiger partial charge is 0.284 e. The third kappa shape index (κ3) is 4.95. The molecule has 1 unspecified atom stereocenters. The highest BCUT2D eigenvalue weighted by Gasteiger charge is 2.38. The average molecular weight is 506 g/mol. The summed E-state index contributed by atoms with van der Waals surface area (Å²) in [6.07, 6.45) is 0.0992. The van der Waals surface area contributed by atoms with Crippen LogP contribution in [0, 0.1) is 11.6 Å². The molecule has 0 fully saturated rings. The smallest absolute Gasteiger partial charge is 0.279 e. The molecule has 1 aliphatic rings. The van der Waals surface area contributed by atoms with Crippen molar-refractivity contribution in [1.82, 2.24) is 4.41 Å². The van der Waals surface area contributed by atoms with Crippen LogP contribution in [0.5, 0.6) is 0 Å². The molecule has 3 aromatic carbocycles. The van der Waals surface area contributed by atoms with Gasteiger partial charge in [0.2, 0.25) is 10.0 Å². The number of sulfonamides is 2. The molecule has 0 aromatic heterocycles. The molecule has 1 heterocycles. The van der Waals surface area contributed by atoms with E-state index >= 15 is 0 Å². The lowest BCUT2D eigenvalue weighted by Gasteiger charge is -2.23. The fourth-order valence-electron chi connectivity index (χ4n) is 3.60. The van der Waals surface area contributed by atoms with Crippen LogP contribution in [0.3, 0.4) is 0 Å². The Bertz CT molecular complexity index is 1470. The zero-order valence-electron chi connectivity index (χ0n) is 18.0. The van der Waals surface area contributed by atoms with Crippen LogP contribution < -0.4 is 4.72 Å². The summed E-state index contributed by atoms with van der Waals surface area (Å²) in [5.74, 6) is -1.37. The van der Waals surface area contributed by atoms with E-state index in [4.69, 9.17) is 0 Å². The highest BCUT2D eigenvalue weighted by atomic mass is 32.2. The maximum Gasteiger partial charge on any atom is 0.279 e. The maximum atomic E-state index is 14.0. The minimum absolute atomic E-state index is 0.0992. The molecule has 4 rings (SSSR count). The molecule has 0 radical (unpaired) electrons. The first kappa shape index (κ1) is 23.8. The second kappa shape index (κ2) is 9.15. The zero-order valence-corrected chi connectivity index (χ0v) is 19.7. The first-order valence-electron chi connectivity index (χ1n) is 10.3. The van der Waals surface area contributed by atoms with Gasteiger partial charge in [-0.15, -0.1) is 0 Å². The number of rotatable bonds is 7. The van der Waals surface area contributed by atoms with Crippen molar-refractivity contribution in [3.05, 3.63) is 95.6 Å². The second-order valence-electron chi connectivity index (χ2n) is 7.64. The average Bonchev–Trinajstić information content (AvgIpc) is 3.26. The van der Waals surface area contributed by atoms with E-state index in [1.165, 1.54) is 37.3 Å². The Kier molecular flexibility index (Phi) is 6.41. The molecule has 0 bridgehead atoms. The topological polar surface area (TPSA) is 95.9 Å². The van der Waals surface area contributed by atoms with Gasteiger partial charge in [0.25, 0.3) is 10.0 Å². The van der Waals surface area contributed by atoms with Gasteiger partial charge in [-0.2, -0.15) is 17.9 Å². The Balaban J connectivity index is 1.78. The Hall–Kier alpha value is -3.31. The predicted octanol–water partition coefficient (Wildman–Crippen LogP) is 4.27. The van der Waals surface area contributed by atoms with Crippen LogP contribution in [0.1, 0.15) is 30.5 Å². The van der Waals surface area contributed by atoms with Crippen molar-refractivity contribution in [3.8, 4) is 0 Å². The van der Waals surface area contributed by atoms with Gasteiger partial charge in [0.05, 0.1) is 22.4 Å². The standard InChI is InChI=1S/C23H21F2N3O4S2/c1-2-33(29,30)27-20-10-4-6-16(13-20)22-15-23(17-7-3-8-18(24)12-17)28(26-22)34(31,32)21-11-5-9-19(25)14-21/h3-14,23,27H,2,15H2,1H3. The van der Waals surface area contributed by atoms with E-state index in [9.17, 15) is 25.6 Å². The van der Waals surface area contributed by atoms with Crippen molar-refractivity contribution in [3.63, 3.8) is 0 Å². The summed E-state index contributed by atoms with van der Waals surface area (Å²) in [6.45, 7) is 1.51. The van der Waals surface area contributed by atoms with Crippen molar-refractivity contribution in [2.45, 2.75) is 24.3 Å². The summed E-state index contributed by atoms with van der Waals surface area (Å²) in [6, 6.07) is 15.6. The molecule has 3 aromatic rings. The SMILES string of the molecule is CCS(=O)(=O)Nc1cccc(C2=NN(S(=O)(=O)c3cccc(F)c3)C(c3cccc(F)c3)C2)c1. The lowest BCUT2D eigenvalue weighted by molar-refractivity contribution is 0.370. The zero-order chi connectivity index (χ0) is 24.5. The number of nitrogens with zero attached hydrogens (tertiary/aromatic N) is 2. The van der Waals surface area contributed by atoms with E-state index in [1.807, 2.05) is 0 Å². The summed E-state index contributed by atoms with van der Waals surface area (Å²) < 4.78 is 81.7. The van der Waals surface area contributed by atoms with Crippen molar-refractivity contribution in [1.29, 1.82) is 0 Å². The Morgan fingerprint density at radius 3 is 2.29 bits per heavy atom. The van der Waals surface area contributed by atoms with Crippen molar-refractivity contribution >= 4 is 31.4 Å². The fraction of sp³-hybridized carbons (Fsp3) is 0.174. The summed E-state index contributed by atoms with van der Waals surface area (Å²) >= 11 is 0. The summed E-state index contributed by atoms with van der Waals surface area (Å²) in [5, 5.41) is 4.32. The molecule has 1 N–H and O–H groups in total. The first-order chi connectivity index (χ1) is 16.1. The Labute approximate surface area is 196 Å². The van der Waals surface area contributed by atoms with E-state index < -0.39 is 37.7 Å². The van der Waals surface area contributed by atoms with E-state index in [-0.39, 0.29) is 17.1 Å². The van der Waals surface area contributed by atoms with Gasteiger partial charge in [-0.3, -0.25) is 4.72 Å². The third-order valence-corrected chi connectivity index (χ3v) is 8.28. The number of hydrogen-bond donors (Lipinski definition) is 1. The van der Waals surface area contributed by atoms with Crippen LogP contribution in [0.2, 0.25) is 0 Å². The number of nitrogens with one attached hydrogen (secondary N) is 1. The molecule has 1 atom stereocenters. The van der Waals surface area contributed by atoms with E-state index in [0.717, 1.165) is 16.5 Å². The minimum Gasteiger partial charge on any atom is -0.284 e. The molecule has 0 amide bonds. The van der Waals surface area contributed by atoms with Crippen molar-refractivity contribution < 1.29 is 25.6 Å². The maximum absolute atomic E-state index is 14.0. The molecular formula is C23H21F2N3O4S2. The number of hydrazone groups is 1. The second-order valence-corrected chi connectivity index (χ2v) is 11.4. The Morgan fingerprint density at radius 2 is 1.62 bits per heavy atom. The van der Waals surface area contributed by atoms with Gasteiger partial charge >= 0.3 is 0 Å². The lowest BCUT2D eigenvalue weighted by Crippen LogP contribution is -2.27. The van der Waals surface area contributed by atoms with Gasteiger partial charge in [0.15, 0.2) is 0 Å². The van der Waals surface area contributed by atoms with Crippen LogP contribution in [-0.4, -0.2) is 32.7 Å². The van der Waals surface area contributed by atoms with Crippen LogP contribution >= 0.6 is 0 Å².